The van der Waals surface area contributed by atoms with E-state index in [-0.39, 0.29) is 0 Å². The zero-order chi connectivity index (χ0) is 15.0. The van der Waals surface area contributed by atoms with Gasteiger partial charge in [0.15, 0.2) is 5.96 Å². The summed E-state index contributed by atoms with van der Waals surface area (Å²) in [6, 6.07) is 0. The summed E-state index contributed by atoms with van der Waals surface area (Å²) in [5.41, 5.74) is 0.403. The van der Waals surface area contributed by atoms with Crippen LogP contribution < -0.4 is 10.6 Å². The number of aliphatic imine (C=N–C) groups is 1. The molecule has 0 aromatic heterocycles. The van der Waals surface area contributed by atoms with Crippen LogP contribution in [0, 0.1) is 5.41 Å². The average molecular weight is 314 g/mol. The molecular weight excluding hydrogens is 282 g/mol. The van der Waals surface area contributed by atoms with Crippen LogP contribution >= 0.6 is 11.8 Å². The molecule has 1 aliphatic heterocycles. The minimum atomic E-state index is 0.403. The highest BCUT2D eigenvalue weighted by molar-refractivity contribution is 8.00. The summed E-state index contributed by atoms with van der Waals surface area (Å²) in [4.78, 5) is 4.85. The number of guanidine groups is 1. The molecule has 2 aliphatic rings. The molecule has 2 fully saturated rings. The third-order valence-electron chi connectivity index (χ3n) is 4.69. The van der Waals surface area contributed by atoms with Crippen molar-refractivity contribution in [1.82, 2.24) is 10.6 Å². The molecule has 1 saturated heterocycles. The minimum Gasteiger partial charge on any atom is -0.385 e. The van der Waals surface area contributed by atoms with Crippen LogP contribution in [0.25, 0.3) is 0 Å². The Morgan fingerprint density at radius 3 is 2.76 bits per heavy atom. The molecule has 21 heavy (non-hydrogen) atoms. The maximum atomic E-state index is 5.26. The number of rotatable bonds is 8. The van der Waals surface area contributed by atoms with E-state index in [1.807, 2.05) is 0 Å². The van der Waals surface area contributed by atoms with Gasteiger partial charge in [0.25, 0.3) is 0 Å². The summed E-state index contributed by atoms with van der Waals surface area (Å²) in [7, 11) is 1.79. The first-order valence-corrected chi connectivity index (χ1v) is 9.45. The first-order valence-electron chi connectivity index (χ1n) is 8.41. The highest BCUT2D eigenvalue weighted by Gasteiger charge is 2.36. The first kappa shape index (κ1) is 16.9. The van der Waals surface area contributed by atoms with Gasteiger partial charge >= 0.3 is 0 Å². The molecule has 0 spiro atoms. The summed E-state index contributed by atoms with van der Waals surface area (Å²) in [5, 5.41) is 7.67. The normalized spacial score (nSPS) is 24.7. The maximum Gasteiger partial charge on any atom is 0.191 e. The summed E-state index contributed by atoms with van der Waals surface area (Å²) in [6.45, 7) is 5.89. The van der Waals surface area contributed by atoms with Gasteiger partial charge in [-0.15, -0.1) is 0 Å². The van der Waals surface area contributed by atoms with Crippen molar-refractivity contribution in [3.63, 3.8) is 0 Å². The molecule has 1 saturated carbocycles. The van der Waals surface area contributed by atoms with Crippen LogP contribution in [0.4, 0.5) is 0 Å². The van der Waals surface area contributed by atoms with E-state index in [1.54, 1.807) is 7.11 Å². The Kier molecular flexibility index (Phi) is 7.17. The zero-order valence-corrected chi connectivity index (χ0v) is 14.4. The van der Waals surface area contributed by atoms with Gasteiger partial charge in [-0.1, -0.05) is 6.42 Å². The van der Waals surface area contributed by atoms with Crippen molar-refractivity contribution in [2.24, 2.45) is 10.4 Å². The van der Waals surface area contributed by atoms with Gasteiger partial charge in [-0.2, -0.15) is 11.8 Å². The lowest BCUT2D eigenvalue weighted by molar-refractivity contribution is 0.0778. The van der Waals surface area contributed by atoms with Gasteiger partial charge in [0.2, 0.25) is 0 Å². The van der Waals surface area contributed by atoms with Crippen LogP contribution in [-0.2, 0) is 4.74 Å². The third-order valence-corrected chi connectivity index (χ3v) is 6.09. The number of nitrogens with zero attached hydrogens (tertiary/aromatic N) is 1. The van der Waals surface area contributed by atoms with E-state index < -0.39 is 0 Å². The first-order chi connectivity index (χ1) is 10.3. The number of ether oxygens (including phenoxy) is 1. The van der Waals surface area contributed by atoms with Crippen molar-refractivity contribution in [1.29, 1.82) is 0 Å². The van der Waals surface area contributed by atoms with E-state index >= 15 is 0 Å². The van der Waals surface area contributed by atoms with Crippen molar-refractivity contribution in [3.8, 4) is 0 Å². The van der Waals surface area contributed by atoms with Gasteiger partial charge in [-0.05, 0) is 50.2 Å². The van der Waals surface area contributed by atoms with Crippen molar-refractivity contribution < 1.29 is 4.74 Å². The van der Waals surface area contributed by atoms with Crippen LogP contribution in [0.5, 0.6) is 0 Å². The van der Waals surface area contributed by atoms with E-state index in [9.17, 15) is 0 Å². The van der Waals surface area contributed by atoms with Gasteiger partial charge in [0.1, 0.15) is 0 Å². The van der Waals surface area contributed by atoms with Crippen molar-refractivity contribution in [3.05, 3.63) is 0 Å². The summed E-state index contributed by atoms with van der Waals surface area (Å²) >= 11 is 2.09. The topological polar surface area (TPSA) is 45.7 Å². The Balaban J connectivity index is 1.80. The molecule has 0 radical (unpaired) electrons. The van der Waals surface area contributed by atoms with Crippen LogP contribution in [0.3, 0.4) is 0 Å². The molecule has 122 valence electrons. The summed E-state index contributed by atoms with van der Waals surface area (Å²) < 4.78 is 5.26. The van der Waals surface area contributed by atoms with Crippen molar-refractivity contribution in [2.45, 2.75) is 50.7 Å². The average Bonchev–Trinajstić information content (AvgIpc) is 2.96. The molecule has 1 aliphatic carbocycles. The summed E-state index contributed by atoms with van der Waals surface area (Å²) in [5.74, 6) is 2.31. The molecule has 0 aromatic carbocycles. The zero-order valence-electron chi connectivity index (χ0n) is 13.6. The van der Waals surface area contributed by atoms with Crippen LogP contribution in [0.2, 0.25) is 0 Å². The van der Waals surface area contributed by atoms with Crippen molar-refractivity contribution >= 4 is 17.7 Å². The van der Waals surface area contributed by atoms with E-state index in [1.165, 1.54) is 37.9 Å². The standard InChI is InChI=1S/C16H31N3OS/c1-3-17-15(18-12-14-6-4-11-21-14)19-13-16(7-5-8-16)9-10-20-2/h14H,3-13H2,1-2H3,(H2,17,18,19). The Labute approximate surface area is 133 Å². The van der Waals surface area contributed by atoms with Crippen molar-refractivity contribution in [2.75, 3.05) is 39.1 Å². The number of nitrogens with one attached hydrogen (secondary N) is 2. The van der Waals surface area contributed by atoms with Gasteiger partial charge in [-0.3, -0.25) is 4.99 Å². The Morgan fingerprint density at radius 2 is 2.19 bits per heavy atom. The highest BCUT2D eigenvalue weighted by Crippen LogP contribution is 2.44. The highest BCUT2D eigenvalue weighted by atomic mass is 32.2. The van der Waals surface area contributed by atoms with Gasteiger partial charge in [0.05, 0.1) is 0 Å². The third kappa shape index (κ3) is 5.37. The van der Waals surface area contributed by atoms with E-state index in [4.69, 9.17) is 9.73 Å². The quantitative estimate of drug-likeness (QED) is 0.534. The molecule has 2 N–H and O–H groups in total. The minimum absolute atomic E-state index is 0.403. The lowest BCUT2D eigenvalue weighted by atomic mass is 9.67. The summed E-state index contributed by atoms with van der Waals surface area (Å²) in [6.07, 6.45) is 7.81. The second-order valence-electron chi connectivity index (χ2n) is 6.31. The number of thioether (sulfide) groups is 1. The molecule has 0 amide bonds. The predicted molar refractivity (Wildman–Crippen MR) is 92.2 cm³/mol. The smallest absolute Gasteiger partial charge is 0.191 e. The SMILES string of the molecule is CCNC(=NCC1(CCOC)CCC1)NCC1CCCS1. The van der Waals surface area contributed by atoms with Crippen LogP contribution in [0.15, 0.2) is 4.99 Å². The maximum absolute atomic E-state index is 5.26. The molecule has 4 nitrogen and oxygen atoms in total. The molecule has 1 heterocycles. The fourth-order valence-corrected chi connectivity index (χ4v) is 4.29. The Morgan fingerprint density at radius 1 is 1.33 bits per heavy atom. The number of hydrogen-bond donors (Lipinski definition) is 2. The second-order valence-corrected chi connectivity index (χ2v) is 7.72. The van der Waals surface area contributed by atoms with Crippen LogP contribution in [-0.4, -0.2) is 50.3 Å². The number of hydrogen-bond acceptors (Lipinski definition) is 3. The lowest BCUT2D eigenvalue weighted by Gasteiger charge is -2.40. The molecule has 2 rings (SSSR count). The molecule has 0 bridgehead atoms. The molecule has 0 aromatic rings. The monoisotopic (exact) mass is 313 g/mol. The van der Waals surface area contributed by atoms with Gasteiger partial charge in [0, 0.05) is 38.6 Å². The molecule has 5 heteroatoms. The molecule has 1 unspecified atom stereocenters. The fourth-order valence-electron chi connectivity index (χ4n) is 3.09. The molecular formula is C16H31N3OS. The Bertz CT molecular complexity index is 325. The predicted octanol–water partition coefficient (Wildman–Crippen LogP) is 2.64. The van der Waals surface area contributed by atoms with Gasteiger partial charge in [-0.25, -0.2) is 0 Å². The van der Waals surface area contributed by atoms with E-state index in [0.29, 0.717) is 5.41 Å². The fraction of sp³-hybridized carbons (Fsp3) is 0.938. The second kappa shape index (κ2) is 8.89. The molecule has 1 atom stereocenters. The van der Waals surface area contributed by atoms with E-state index in [2.05, 4.69) is 29.3 Å². The van der Waals surface area contributed by atoms with Gasteiger partial charge < -0.3 is 15.4 Å². The Hall–Kier alpha value is -0.420. The van der Waals surface area contributed by atoms with E-state index in [0.717, 1.165) is 43.9 Å². The number of methoxy groups -OCH3 is 1. The lowest BCUT2D eigenvalue weighted by Crippen LogP contribution is -2.42. The largest absolute Gasteiger partial charge is 0.385 e. The van der Waals surface area contributed by atoms with Crippen LogP contribution in [0.1, 0.15) is 45.4 Å².